The van der Waals surface area contributed by atoms with E-state index in [-0.39, 0.29) is 11.9 Å². The minimum atomic E-state index is -0.238. The third kappa shape index (κ3) is 5.04. The van der Waals surface area contributed by atoms with Gasteiger partial charge in [0.15, 0.2) is 0 Å². The Bertz CT molecular complexity index is 233. The van der Waals surface area contributed by atoms with Crippen molar-refractivity contribution in [2.75, 3.05) is 13.1 Å². The molecule has 1 fully saturated rings. The summed E-state index contributed by atoms with van der Waals surface area (Å²) in [6.45, 7) is 3.46. The summed E-state index contributed by atoms with van der Waals surface area (Å²) in [4.78, 5) is 13.4. The normalized spacial score (nSPS) is 25.8. The van der Waals surface area contributed by atoms with Gasteiger partial charge in [-0.1, -0.05) is 32.6 Å². The highest BCUT2D eigenvalue weighted by atomic mass is 16.1. The first-order chi connectivity index (χ1) is 8.15. The number of amides is 1. The van der Waals surface area contributed by atoms with Crippen LogP contribution in [0.25, 0.3) is 0 Å². The van der Waals surface area contributed by atoms with Crippen molar-refractivity contribution < 1.29 is 4.79 Å². The summed E-state index contributed by atoms with van der Waals surface area (Å²) >= 11 is 0. The second-order valence-electron chi connectivity index (χ2n) is 5.16. The number of hydrogen-bond acceptors (Lipinski definition) is 3. The fourth-order valence-corrected chi connectivity index (χ4v) is 2.69. The summed E-state index contributed by atoms with van der Waals surface area (Å²) < 4.78 is 0. The molecular formula is C13H27N3O. The zero-order valence-electron chi connectivity index (χ0n) is 11.0. The van der Waals surface area contributed by atoms with E-state index in [1.165, 1.54) is 19.3 Å². The van der Waals surface area contributed by atoms with E-state index in [4.69, 9.17) is 11.5 Å². The van der Waals surface area contributed by atoms with Crippen LogP contribution in [0.1, 0.15) is 51.9 Å². The molecule has 0 spiro atoms. The molecule has 4 nitrogen and oxygen atoms in total. The molecule has 1 saturated carbocycles. The van der Waals surface area contributed by atoms with Gasteiger partial charge >= 0.3 is 0 Å². The molecule has 17 heavy (non-hydrogen) atoms. The molecule has 0 saturated heterocycles. The predicted molar refractivity (Wildman–Crippen MR) is 70.5 cm³/mol. The van der Waals surface area contributed by atoms with Crippen LogP contribution in [0.5, 0.6) is 0 Å². The Morgan fingerprint density at radius 3 is 2.65 bits per heavy atom. The fraction of sp³-hybridized carbons (Fsp3) is 0.923. The van der Waals surface area contributed by atoms with E-state index in [0.717, 1.165) is 32.2 Å². The fourth-order valence-electron chi connectivity index (χ4n) is 2.69. The Morgan fingerprint density at radius 1 is 1.29 bits per heavy atom. The Labute approximate surface area is 105 Å². The van der Waals surface area contributed by atoms with Crippen molar-refractivity contribution in [3.63, 3.8) is 0 Å². The van der Waals surface area contributed by atoms with Crippen molar-refractivity contribution in [1.29, 1.82) is 0 Å². The molecule has 0 aromatic heterocycles. The summed E-state index contributed by atoms with van der Waals surface area (Å²) in [5, 5.41) is 0. The minimum Gasteiger partial charge on any atom is -0.369 e. The third-order valence-corrected chi connectivity index (χ3v) is 3.66. The van der Waals surface area contributed by atoms with Crippen LogP contribution in [0.3, 0.4) is 0 Å². The highest BCUT2D eigenvalue weighted by Crippen LogP contribution is 2.21. The number of rotatable bonds is 6. The first-order valence-corrected chi connectivity index (χ1v) is 6.93. The molecular weight excluding hydrogens is 214 g/mol. The molecule has 2 unspecified atom stereocenters. The van der Waals surface area contributed by atoms with Gasteiger partial charge in [0.1, 0.15) is 0 Å². The Hall–Kier alpha value is -0.610. The molecule has 1 aliphatic rings. The Balaban J connectivity index is 2.60. The summed E-state index contributed by atoms with van der Waals surface area (Å²) in [5.41, 5.74) is 11.6. The second-order valence-corrected chi connectivity index (χ2v) is 5.16. The van der Waals surface area contributed by atoms with Crippen molar-refractivity contribution in [2.24, 2.45) is 11.5 Å². The van der Waals surface area contributed by atoms with Gasteiger partial charge in [0.2, 0.25) is 5.91 Å². The molecule has 100 valence electrons. The predicted octanol–water partition coefficient (Wildman–Crippen LogP) is 1.23. The van der Waals surface area contributed by atoms with E-state index >= 15 is 0 Å². The van der Waals surface area contributed by atoms with Gasteiger partial charge in [-0.25, -0.2) is 0 Å². The maximum Gasteiger partial charge on any atom is 0.231 e. The number of nitrogens with two attached hydrogens (primary N) is 2. The smallest absolute Gasteiger partial charge is 0.231 e. The van der Waals surface area contributed by atoms with Crippen LogP contribution >= 0.6 is 0 Å². The lowest BCUT2D eigenvalue weighted by atomic mass is 10.0. The highest BCUT2D eigenvalue weighted by Gasteiger charge is 2.26. The standard InChI is InChI=1S/C13H27N3O/c1-2-3-9-16(10-13(15)17)12-8-6-4-5-7-11(12)14/h11-12H,2-10,14H2,1H3,(H2,15,17). The molecule has 1 rings (SSSR count). The average molecular weight is 241 g/mol. The maximum absolute atomic E-state index is 11.1. The SMILES string of the molecule is CCCCN(CC(N)=O)C1CCCCCC1N. The van der Waals surface area contributed by atoms with Crippen LogP contribution in [-0.4, -0.2) is 36.0 Å². The first-order valence-electron chi connectivity index (χ1n) is 6.93. The lowest BCUT2D eigenvalue weighted by Crippen LogP contribution is -2.50. The lowest BCUT2D eigenvalue weighted by molar-refractivity contribution is -0.119. The maximum atomic E-state index is 11.1. The van der Waals surface area contributed by atoms with E-state index in [0.29, 0.717) is 12.6 Å². The number of carbonyl (C=O) groups excluding carboxylic acids is 1. The number of hydrogen-bond donors (Lipinski definition) is 2. The zero-order chi connectivity index (χ0) is 12.7. The molecule has 0 aromatic carbocycles. The molecule has 1 aliphatic carbocycles. The van der Waals surface area contributed by atoms with Gasteiger partial charge in [0, 0.05) is 12.1 Å². The average Bonchev–Trinajstić information content (AvgIpc) is 2.49. The first kappa shape index (κ1) is 14.5. The molecule has 0 bridgehead atoms. The zero-order valence-corrected chi connectivity index (χ0v) is 11.0. The second kappa shape index (κ2) is 7.67. The minimum absolute atomic E-state index is 0.203. The highest BCUT2D eigenvalue weighted by molar-refractivity contribution is 5.75. The van der Waals surface area contributed by atoms with Crippen LogP contribution in [0, 0.1) is 0 Å². The lowest BCUT2D eigenvalue weighted by Gasteiger charge is -2.33. The van der Waals surface area contributed by atoms with Crippen LogP contribution in [0.15, 0.2) is 0 Å². The van der Waals surface area contributed by atoms with Gasteiger partial charge in [0.25, 0.3) is 0 Å². The van der Waals surface area contributed by atoms with Crippen LogP contribution in [0.2, 0.25) is 0 Å². The van der Waals surface area contributed by atoms with E-state index in [1.807, 2.05) is 0 Å². The molecule has 0 aliphatic heterocycles. The monoisotopic (exact) mass is 241 g/mol. The molecule has 1 amide bonds. The molecule has 4 N–H and O–H groups in total. The molecule has 0 radical (unpaired) electrons. The van der Waals surface area contributed by atoms with E-state index in [1.54, 1.807) is 0 Å². The topological polar surface area (TPSA) is 72.3 Å². The van der Waals surface area contributed by atoms with E-state index in [2.05, 4.69) is 11.8 Å². The molecule has 4 heteroatoms. The van der Waals surface area contributed by atoms with Gasteiger partial charge in [0.05, 0.1) is 6.54 Å². The van der Waals surface area contributed by atoms with E-state index in [9.17, 15) is 4.79 Å². The van der Waals surface area contributed by atoms with Gasteiger partial charge in [-0.05, 0) is 25.8 Å². The van der Waals surface area contributed by atoms with Gasteiger partial charge in [-0.3, -0.25) is 9.69 Å². The molecule has 2 atom stereocenters. The quantitative estimate of drug-likeness (QED) is 0.687. The Morgan fingerprint density at radius 2 is 2.00 bits per heavy atom. The van der Waals surface area contributed by atoms with Crippen molar-refractivity contribution in [1.82, 2.24) is 4.90 Å². The summed E-state index contributed by atoms with van der Waals surface area (Å²) in [6, 6.07) is 0.547. The van der Waals surface area contributed by atoms with Crippen LogP contribution < -0.4 is 11.5 Å². The van der Waals surface area contributed by atoms with Crippen molar-refractivity contribution in [3.05, 3.63) is 0 Å². The van der Waals surface area contributed by atoms with Gasteiger partial charge < -0.3 is 11.5 Å². The van der Waals surface area contributed by atoms with Gasteiger partial charge in [-0.2, -0.15) is 0 Å². The largest absolute Gasteiger partial charge is 0.369 e. The number of nitrogens with zero attached hydrogens (tertiary/aromatic N) is 1. The third-order valence-electron chi connectivity index (χ3n) is 3.66. The van der Waals surface area contributed by atoms with Gasteiger partial charge in [-0.15, -0.1) is 0 Å². The number of primary amides is 1. The van der Waals surface area contributed by atoms with Crippen molar-refractivity contribution in [2.45, 2.75) is 64.0 Å². The molecule has 0 aromatic rings. The van der Waals surface area contributed by atoms with E-state index < -0.39 is 0 Å². The summed E-state index contributed by atoms with van der Waals surface area (Å²) in [6.07, 6.45) is 8.13. The molecule has 0 heterocycles. The summed E-state index contributed by atoms with van der Waals surface area (Å²) in [7, 11) is 0. The Kier molecular flexibility index (Phi) is 6.52. The van der Waals surface area contributed by atoms with Crippen LogP contribution in [0.4, 0.5) is 0 Å². The van der Waals surface area contributed by atoms with Crippen LogP contribution in [-0.2, 0) is 4.79 Å². The van der Waals surface area contributed by atoms with Crippen molar-refractivity contribution >= 4 is 5.91 Å². The summed E-state index contributed by atoms with van der Waals surface area (Å²) in [5.74, 6) is -0.238. The number of carbonyl (C=O) groups is 1. The number of unbranched alkanes of at least 4 members (excludes halogenated alkanes) is 1. The van der Waals surface area contributed by atoms with Crippen molar-refractivity contribution in [3.8, 4) is 0 Å².